The van der Waals surface area contributed by atoms with Gasteiger partial charge in [0.2, 0.25) is 5.04 Å². The molecule has 2 N–H and O–H groups in total. The van der Waals surface area contributed by atoms with E-state index in [-0.39, 0.29) is 12.4 Å². The van der Waals surface area contributed by atoms with E-state index in [1.165, 1.54) is 33.4 Å². The van der Waals surface area contributed by atoms with Crippen molar-refractivity contribution in [2.45, 2.75) is 46.8 Å². The first-order valence-electron chi connectivity index (χ1n) is 6.07. The third-order valence-electron chi connectivity index (χ3n) is 3.81. The minimum Gasteiger partial charge on any atom is -1.00 e. The molecule has 19 heavy (non-hydrogen) atoms. The van der Waals surface area contributed by atoms with E-state index in [1.807, 2.05) is 0 Å². The van der Waals surface area contributed by atoms with E-state index in [2.05, 4.69) is 40.7 Å². The third-order valence-corrected chi connectivity index (χ3v) is 4.76. The minimum atomic E-state index is 0. The van der Waals surface area contributed by atoms with Gasteiger partial charge in [-0.1, -0.05) is 11.8 Å². The molecule has 4 heteroatoms. The van der Waals surface area contributed by atoms with Crippen LogP contribution in [0.4, 0.5) is 0 Å². The monoisotopic (exact) mass is 296 g/mol. The van der Waals surface area contributed by atoms with E-state index >= 15 is 0 Å². The molecule has 1 rings (SSSR count). The van der Waals surface area contributed by atoms with Gasteiger partial charge in [-0.05, 0) is 68.0 Å². The fourth-order valence-electron chi connectivity index (χ4n) is 2.09. The molecule has 104 valence electrons. The largest absolute Gasteiger partial charge is 1.00 e. The molecule has 2 nitrogen and oxygen atoms in total. The SMILES string of the molecule is Cc1c(C)c(C)c(CSC(=[NH2+])CC#N)c(C)c1C.[Cl-]. The van der Waals surface area contributed by atoms with Crippen LogP contribution in [0.3, 0.4) is 0 Å². The molecule has 0 amide bonds. The van der Waals surface area contributed by atoms with Gasteiger partial charge in [0.25, 0.3) is 0 Å². The lowest BCUT2D eigenvalue weighted by Crippen LogP contribution is -3.00. The van der Waals surface area contributed by atoms with Crippen LogP contribution >= 0.6 is 11.8 Å². The summed E-state index contributed by atoms with van der Waals surface area (Å²) in [6, 6.07) is 2.08. The Morgan fingerprint density at radius 2 is 1.42 bits per heavy atom. The molecule has 0 spiro atoms. The minimum absolute atomic E-state index is 0. The number of nitrogens with zero attached hydrogens (tertiary/aromatic N) is 1. The maximum absolute atomic E-state index is 8.60. The molecule has 0 saturated carbocycles. The Labute approximate surface area is 126 Å². The van der Waals surface area contributed by atoms with Gasteiger partial charge in [-0.25, -0.2) is 0 Å². The van der Waals surface area contributed by atoms with Crippen LogP contribution in [0.1, 0.15) is 39.8 Å². The van der Waals surface area contributed by atoms with Crippen molar-refractivity contribution in [3.05, 3.63) is 33.4 Å². The fraction of sp³-hybridized carbons (Fsp3) is 0.467. The maximum atomic E-state index is 8.60. The number of thioether (sulfide) groups is 1. The molecular weight excluding hydrogens is 276 g/mol. The number of hydrogen-bond donors (Lipinski definition) is 1. The summed E-state index contributed by atoms with van der Waals surface area (Å²) in [5.74, 6) is 0.854. The maximum Gasteiger partial charge on any atom is 0.221 e. The number of rotatable bonds is 3. The highest BCUT2D eigenvalue weighted by molar-refractivity contribution is 8.13. The normalized spacial score (nSPS) is 9.68. The molecule has 0 saturated heterocycles. The van der Waals surface area contributed by atoms with Crippen molar-refractivity contribution < 1.29 is 17.8 Å². The topological polar surface area (TPSA) is 49.4 Å². The van der Waals surface area contributed by atoms with Gasteiger partial charge in [0.1, 0.15) is 6.42 Å². The van der Waals surface area contributed by atoms with Crippen molar-refractivity contribution in [1.29, 1.82) is 5.26 Å². The van der Waals surface area contributed by atoms with E-state index in [1.54, 1.807) is 11.8 Å². The van der Waals surface area contributed by atoms with Gasteiger partial charge in [0.15, 0.2) is 0 Å². The van der Waals surface area contributed by atoms with Crippen LogP contribution in [-0.2, 0) is 5.75 Å². The van der Waals surface area contributed by atoms with Crippen molar-refractivity contribution in [3.8, 4) is 6.07 Å². The van der Waals surface area contributed by atoms with Crippen molar-refractivity contribution in [1.82, 2.24) is 0 Å². The van der Waals surface area contributed by atoms with Crippen molar-refractivity contribution in [2.75, 3.05) is 0 Å². The molecule has 0 bridgehead atoms. The Bertz CT molecular complexity index is 501. The predicted molar refractivity (Wildman–Crippen MR) is 78.6 cm³/mol. The van der Waals surface area contributed by atoms with E-state index in [4.69, 9.17) is 10.7 Å². The molecule has 0 aromatic heterocycles. The summed E-state index contributed by atoms with van der Waals surface area (Å²) in [6.07, 6.45) is 0.326. The molecule has 0 aliphatic heterocycles. The van der Waals surface area contributed by atoms with Gasteiger partial charge in [0.05, 0.1) is 6.07 Å². The van der Waals surface area contributed by atoms with Gasteiger partial charge >= 0.3 is 0 Å². The van der Waals surface area contributed by atoms with Crippen LogP contribution in [0.25, 0.3) is 0 Å². The first-order valence-corrected chi connectivity index (χ1v) is 7.05. The number of nitriles is 1. The van der Waals surface area contributed by atoms with Gasteiger partial charge in [-0.3, -0.25) is 5.41 Å². The first kappa shape index (κ1) is 18.0. The average molecular weight is 297 g/mol. The van der Waals surface area contributed by atoms with Crippen LogP contribution in [0.2, 0.25) is 0 Å². The smallest absolute Gasteiger partial charge is 0.221 e. The highest BCUT2D eigenvalue weighted by Gasteiger charge is 2.13. The predicted octanol–water partition coefficient (Wildman–Crippen LogP) is -0.463. The highest BCUT2D eigenvalue weighted by Crippen LogP contribution is 2.29. The molecule has 0 atom stereocenters. The van der Waals surface area contributed by atoms with Crippen molar-refractivity contribution in [3.63, 3.8) is 0 Å². The molecule has 0 unspecified atom stereocenters. The van der Waals surface area contributed by atoms with E-state index in [9.17, 15) is 0 Å². The van der Waals surface area contributed by atoms with Crippen molar-refractivity contribution >= 4 is 16.8 Å². The van der Waals surface area contributed by atoms with Crippen LogP contribution in [0.15, 0.2) is 0 Å². The molecule has 0 heterocycles. The summed E-state index contributed by atoms with van der Waals surface area (Å²) in [4.78, 5) is 0. The fourth-order valence-corrected chi connectivity index (χ4v) is 3.02. The summed E-state index contributed by atoms with van der Waals surface area (Å²) in [6.45, 7) is 10.9. The Morgan fingerprint density at radius 3 is 1.84 bits per heavy atom. The van der Waals surface area contributed by atoms with E-state index in [0.717, 1.165) is 5.75 Å². The second-order valence-corrected chi connectivity index (χ2v) is 5.80. The van der Waals surface area contributed by atoms with Gasteiger partial charge in [-0.2, -0.15) is 5.26 Å². The highest BCUT2D eigenvalue weighted by atomic mass is 35.5. The Morgan fingerprint density at radius 1 is 1.00 bits per heavy atom. The Hall–Kier alpha value is -0.980. The lowest BCUT2D eigenvalue weighted by Gasteiger charge is -2.18. The van der Waals surface area contributed by atoms with Crippen LogP contribution < -0.4 is 17.8 Å². The van der Waals surface area contributed by atoms with Gasteiger partial charge in [0, 0.05) is 5.75 Å². The zero-order chi connectivity index (χ0) is 13.9. The molecule has 0 aliphatic rings. The number of benzene rings is 1. The van der Waals surface area contributed by atoms with Crippen LogP contribution in [0, 0.1) is 45.9 Å². The Balaban J connectivity index is 0.00000324. The molecule has 0 aliphatic carbocycles. The third kappa shape index (κ3) is 3.99. The standard InChI is InChI=1S/C15H20N2S.ClH/c1-9-10(2)12(4)14(13(5)11(9)3)8-18-15(17)6-7-16;/h17H,6,8H2,1-5H3;1H. The molecule has 0 fully saturated rings. The summed E-state index contributed by atoms with van der Waals surface area (Å²) in [7, 11) is 0. The van der Waals surface area contributed by atoms with Crippen LogP contribution in [-0.4, -0.2) is 5.04 Å². The summed E-state index contributed by atoms with van der Waals surface area (Å²) >= 11 is 1.58. The number of halogens is 1. The summed E-state index contributed by atoms with van der Waals surface area (Å²) < 4.78 is 0. The Kier molecular flexibility index (Phi) is 7.18. The lowest BCUT2D eigenvalue weighted by molar-refractivity contribution is -0.110. The summed E-state index contributed by atoms with van der Waals surface area (Å²) in [5, 5.41) is 15.1. The zero-order valence-electron chi connectivity index (χ0n) is 12.2. The van der Waals surface area contributed by atoms with Gasteiger partial charge in [-0.15, -0.1) is 0 Å². The number of nitrogens with two attached hydrogens (primary N) is 1. The average Bonchev–Trinajstić information content (AvgIpc) is 2.34. The number of hydrogen-bond acceptors (Lipinski definition) is 2. The first-order chi connectivity index (χ1) is 8.40. The second kappa shape index (κ2) is 7.57. The molecule has 1 aromatic rings. The van der Waals surface area contributed by atoms with Gasteiger partial charge < -0.3 is 12.4 Å². The quantitative estimate of drug-likeness (QED) is 0.606. The molecule has 1 aromatic carbocycles. The van der Waals surface area contributed by atoms with E-state index in [0.29, 0.717) is 11.5 Å². The second-order valence-electron chi connectivity index (χ2n) is 4.69. The zero-order valence-corrected chi connectivity index (χ0v) is 13.8. The summed E-state index contributed by atoms with van der Waals surface area (Å²) in [5.41, 5.74) is 8.19. The molecular formula is C15H21ClN2S. The van der Waals surface area contributed by atoms with E-state index < -0.39 is 0 Å². The molecule has 0 radical (unpaired) electrons. The lowest BCUT2D eigenvalue weighted by atomic mass is 9.90. The van der Waals surface area contributed by atoms with Crippen LogP contribution in [0.5, 0.6) is 0 Å². The van der Waals surface area contributed by atoms with Crippen molar-refractivity contribution in [2.24, 2.45) is 0 Å².